The monoisotopic (exact) mass is 659 g/mol. The molecule has 0 heterocycles. The van der Waals surface area contributed by atoms with Gasteiger partial charge in [0, 0.05) is 33.5 Å². The highest BCUT2D eigenvalue weighted by atomic mass is 15.1. The van der Waals surface area contributed by atoms with E-state index in [1.165, 1.54) is 54.7 Å². The number of hydrogen-bond acceptors (Lipinski definition) is 2. The van der Waals surface area contributed by atoms with Crippen LogP contribution in [0.3, 0.4) is 0 Å². The van der Waals surface area contributed by atoms with Crippen molar-refractivity contribution in [1.29, 1.82) is 0 Å². The van der Waals surface area contributed by atoms with E-state index in [9.17, 15) is 0 Å². The van der Waals surface area contributed by atoms with Gasteiger partial charge < -0.3 is 9.80 Å². The van der Waals surface area contributed by atoms with Crippen LogP contribution in [0.1, 0.15) is 56.2 Å². The fraction of sp³-hybridized carbons (Fsp3) is 0.146. The van der Waals surface area contributed by atoms with Gasteiger partial charge >= 0.3 is 0 Å². The molecule has 8 aromatic rings. The summed E-state index contributed by atoms with van der Waals surface area (Å²) in [5, 5.41) is 7.64. The summed E-state index contributed by atoms with van der Waals surface area (Å²) in [6.45, 7) is 18.9. The van der Waals surface area contributed by atoms with Crippen molar-refractivity contribution in [3.63, 3.8) is 0 Å². The topological polar surface area (TPSA) is 10.8 Å². The zero-order valence-electron chi connectivity index (χ0n) is 29.9. The molecular weight excluding hydrogens is 619 g/mol. The first-order valence-electron chi connectivity index (χ1n) is 17.9. The van der Waals surface area contributed by atoms with Gasteiger partial charge in [0.2, 0.25) is 0 Å². The second-order valence-electron chi connectivity index (χ2n) is 14.2. The van der Waals surface area contributed by atoms with Crippen molar-refractivity contribution >= 4 is 72.1 Å². The Morgan fingerprint density at radius 3 is 1.22 bits per heavy atom. The zero-order chi connectivity index (χ0) is 35.2. The quantitative estimate of drug-likeness (QED) is 0.119. The third-order valence-electron chi connectivity index (χ3n) is 10.2. The Labute approximate surface area is 301 Å². The van der Waals surface area contributed by atoms with Gasteiger partial charge in [-0.2, -0.15) is 0 Å². The Morgan fingerprint density at radius 1 is 0.451 bits per heavy atom. The van der Waals surface area contributed by atoms with Crippen LogP contribution < -0.4 is 9.80 Å². The van der Waals surface area contributed by atoms with Crippen molar-refractivity contribution in [3.05, 3.63) is 174 Å². The van der Waals surface area contributed by atoms with Gasteiger partial charge in [-0.1, -0.05) is 118 Å². The van der Waals surface area contributed by atoms with E-state index in [1.54, 1.807) is 0 Å². The summed E-state index contributed by atoms with van der Waals surface area (Å²) in [4.78, 5) is 8.47. The van der Waals surface area contributed by atoms with Crippen molar-refractivity contribution in [2.24, 2.45) is 0 Å². The molecule has 0 aliphatic heterocycles. The van der Waals surface area contributed by atoms with E-state index in [2.05, 4.69) is 183 Å². The van der Waals surface area contributed by atoms with Gasteiger partial charge in [0.1, 0.15) is 0 Å². The van der Waals surface area contributed by atoms with E-state index in [4.69, 9.17) is 6.57 Å². The molecule has 0 saturated heterocycles. The number of aryl methyl sites for hydroxylation is 1. The van der Waals surface area contributed by atoms with Gasteiger partial charge in [0.15, 0.2) is 5.69 Å². The molecule has 0 N–H and O–H groups in total. The average Bonchev–Trinajstić information content (AvgIpc) is 3.16. The minimum Gasteiger partial charge on any atom is -0.310 e. The molecule has 3 nitrogen and oxygen atoms in total. The van der Waals surface area contributed by atoms with E-state index < -0.39 is 0 Å². The van der Waals surface area contributed by atoms with E-state index in [0.717, 1.165) is 28.4 Å². The lowest BCUT2D eigenvalue weighted by molar-refractivity contribution is 0.875. The Hall–Kier alpha value is -6.11. The Morgan fingerprint density at radius 2 is 0.824 bits per heavy atom. The highest BCUT2D eigenvalue weighted by Gasteiger charge is 2.25. The third kappa shape index (κ3) is 5.54. The lowest BCUT2D eigenvalue weighted by atomic mass is 9.84. The Balaban J connectivity index is 1.51. The molecule has 3 heteroatoms. The van der Waals surface area contributed by atoms with Gasteiger partial charge in [0.05, 0.1) is 17.9 Å². The summed E-state index contributed by atoms with van der Waals surface area (Å²) in [5.74, 6) is 0.614. The lowest BCUT2D eigenvalue weighted by Gasteiger charge is -2.31. The van der Waals surface area contributed by atoms with Crippen LogP contribution in [0.25, 0.3) is 37.2 Å². The molecule has 0 bridgehead atoms. The number of anilines is 6. The van der Waals surface area contributed by atoms with Crippen molar-refractivity contribution in [2.45, 2.75) is 46.5 Å². The number of hydrogen-bond donors (Lipinski definition) is 0. The van der Waals surface area contributed by atoms with Gasteiger partial charge in [0.25, 0.3) is 0 Å². The molecule has 0 aliphatic rings. The molecule has 8 rings (SSSR count). The van der Waals surface area contributed by atoms with Gasteiger partial charge in [-0.15, -0.1) is 0 Å². The highest BCUT2D eigenvalue weighted by Crippen LogP contribution is 2.51. The summed E-state index contributed by atoms with van der Waals surface area (Å²) >= 11 is 0. The SMILES string of the molecule is [C-]#[N+]c1ccc(N(c2ccccc2)c2cc(C(C)C)c3ccc4c(N(c5ccccc5)c5ccc(C)cc5)cc(C(C)C)c5ccc2c3c54)cc1. The van der Waals surface area contributed by atoms with E-state index >= 15 is 0 Å². The first-order valence-corrected chi connectivity index (χ1v) is 17.9. The Bertz CT molecular complexity index is 2530. The molecule has 248 valence electrons. The van der Waals surface area contributed by atoms with Crippen LogP contribution in [0.15, 0.2) is 146 Å². The average molecular weight is 660 g/mol. The zero-order valence-corrected chi connectivity index (χ0v) is 29.9. The Kier molecular flexibility index (Phi) is 8.17. The summed E-state index contributed by atoms with van der Waals surface area (Å²) < 4.78 is 0. The van der Waals surface area contributed by atoms with Gasteiger partial charge in [-0.3, -0.25) is 0 Å². The number of benzene rings is 8. The van der Waals surface area contributed by atoms with Crippen LogP contribution in [0.5, 0.6) is 0 Å². The van der Waals surface area contributed by atoms with Crippen molar-refractivity contribution in [3.8, 4) is 0 Å². The van der Waals surface area contributed by atoms with E-state index in [1.807, 2.05) is 12.1 Å². The van der Waals surface area contributed by atoms with Crippen LogP contribution in [0.4, 0.5) is 39.8 Å². The van der Waals surface area contributed by atoms with Crippen LogP contribution in [-0.4, -0.2) is 0 Å². The molecule has 51 heavy (non-hydrogen) atoms. The fourth-order valence-electron chi connectivity index (χ4n) is 7.71. The molecule has 0 atom stereocenters. The maximum absolute atomic E-state index is 7.58. The summed E-state index contributed by atoms with van der Waals surface area (Å²) in [7, 11) is 0. The standard InChI is InChI=1S/C48H41N3/c1-31(2)43-29-45(50(35-13-9-7-10-14-35)37-21-17-33(5)18-22-37)41-27-25-40-44(32(3)4)30-46(42-28-26-39(43)47(41)48(40)42)51(36-15-11-8-12-16-36)38-23-19-34(49-6)20-24-38/h7-32H,1-5H3. The van der Waals surface area contributed by atoms with Crippen molar-refractivity contribution in [1.82, 2.24) is 0 Å². The fourth-order valence-corrected chi connectivity index (χ4v) is 7.71. The predicted octanol–water partition coefficient (Wildman–Crippen LogP) is 14.6. The molecule has 0 aromatic heterocycles. The second-order valence-corrected chi connectivity index (χ2v) is 14.2. The summed E-state index contributed by atoms with van der Waals surface area (Å²) in [6, 6.07) is 52.4. The maximum atomic E-state index is 7.58. The summed E-state index contributed by atoms with van der Waals surface area (Å²) in [6.07, 6.45) is 0. The molecule has 0 amide bonds. The largest absolute Gasteiger partial charge is 0.310 e. The van der Waals surface area contributed by atoms with Crippen LogP contribution >= 0.6 is 0 Å². The molecule has 0 fully saturated rings. The van der Waals surface area contributed by atoms with E-state index in [0.29, 0.717) is 17.5 Å². The maximum Gasteiger partial charge on any atom is 0.187 e. The smallest absolute Gasteiger partial charge is 0.187 e. The first kappa shape index (κ1) is 32.1. The van der Waals surface area contributed by atoms with Crippen molar-refractivity contribution < 1.29 is 0 Å². The molecule has 8 aromatic carbocycles. The number of rotatable bonds is 8. The number of nitrogens with zero attached hydrogens (tertiary/aromatic N) is 3. The first-order chi connectivity index (χ1) is 24.8. The van der Waals surface area contributed by atoms with Crippen LogP contribution in [0.2, 0.25) is 0 Å². The van der Waals surface area contributed by atoms with Crippen molar-refractivity contribution in [2.75, 3.05) is 9.80 Å². The number of para-hydroxylation sites is 2. The van der Waals surface area contributed by atoms with Gasteiger partial charge in [-0.25, -0.2) is 4.85 Å². The molecular formula is C48H41N3. The molecule has 0 spiro atoms. The highest BCUT2D eigenvalue weighted by molar-refractivity contribution is 6.29. The van der Waals surface area contributed by atoms with Crippen LogP contribution in [0, 0.1) is 13.5 Å². The molecule has 0 unspecified atom stereocenters. The normalized spacial score (nSPS) is 11.6. The summed E-state index contributed by atoms with van der Waals surface area (Å²) in [5.41, 5.74) is 11.2. The second kappa shape index (κ2) is 13.0. The molecule has 0 aliphatic carbocycles. The van der Waals surface area contributed by atoms with Crippen LogP contribution in [-0.2, 0) is 0 Å². The lowest BCUT2D eigenvalue weighted by Crippen LogP contribution is -2.13. The molecule has 0 radical (unpaired) electrons. The van der Waals surface area contributed by atoms with E-state index in [-0.39, 0.29) is 0 Å². The van der Waals surface area contributed by atoms with Gasteiger partial charge in [-0.05, 0) is 112 Å². The predicted molar refractivity (Wildman–Crippen MR) is 219 cm³/mol. The molecule has 0 saturated carbocycles. The minimum absolute atomic E-state index is 0.299. The minimum atomic E-state index is 0.299. The third-order valence-corrected chi connectivity index (χ3v) is 10.2.